The van der Waals surface area contributed by atoms with Gasteiger partial charge in [-0.15, -0.1) is 0 Å². The first kappa shape index (κ1) is 11.8. The van der Waals surface area contributed by atoms with Crippen LogP contribution in [0.4, 0.5) is 8.78 Å². The van der Waals surface area contributed by atoms with Gasteiger partial charge in [0.05, 0.1) is 6.04 Å². The van der Waals surface area contributed by atoms with Crippen LogP contribution in [0.3, 0.4) is 0 Å². The van der Waals surface area contributed by atoms with Gasteiger partial charge in [-0.05, 0) is 31.5 Å². The molecule has 1 aromatic heterocycles. The van der Waals surface area contributed by atoms with E-state index in [4.69, 9.17) is 10.2 Å². The first-order valence-corrected chi connectivity index (χ1v) is 5.27. The van der Waals surface area contributed by atoms with E-state index in [9.17, 15) is 8.78 Å². The fraction of sp³-hybridized carbons (Fsp3) is 0.231. The molecule has 1 unspecified atom stereocenters. The summed E-state index contributed by atoms with van der Waals surface area (Å²) in [5.41, 5.74) is 6.21. The van der Waals surface area contributed by atoms with Gasteiger partial charge in [-0.25, -0.2) is 8.78 Å². The molecule has 2 N–H and O–H groups in total. The molecule has 4 heteroatoms. The molecular weight excluding hydrogens is 224 g/mol. The highest BCUT2D eigenvalue weighted by Gasteiger charge is 2.20. The number of nitrogens with two attached hydrogens (primary N) is 1. The number of hydrogen-bond acceptors (Lipinski definition) is 2. The Morgan fingerprint density at radius 1 is 1.06 bits per heavy atom. The van der Waals surface area contributed by atoms with Gasteiger partial charge >= 0.3 is 0 Å². The maximum absolute atomic E-state index is 13.7. The maximum atomic E-state index is 13.7. The predicted molar refractivity (Wildman–Crippen MR) is 60.6 cm³/mol. The number of hydrogen-bond donors (Lipinski definition) is 1. The highest BCUT2D eigenvalue weighted by atomic mass is 19.2. The average molecular weight is 237 g/mol. The molecule has 0 spiro atoms. The lowest BCUT2D eigenvalue weighted by Gasteiger charge is -2.11. The molecule has 0 aliphatic carbocycles. The second-order valence-electron chi connectivity index (χ2n) is 4.03. The third-order valence-electron chi connectivity index (χ3n) is 2.71. The fourth-order valence-corrected chi connectivity index (χ4v) is 1.67. The van der Waals surface area contributed by atoms with Crippen molar-refractivity contribution < 1.29 is 13.2 Å². The summed E-state index contributed by atoms with van der Waals surface area (Å²) in [5.74, 6) is -0.666. The zero-order valence-electron chi connectivity index (χ0n) is 9.63. The van der Waals surface area contributed by atoms with Crippen molar-refractivity contribution in [2.75, 3.05) is 0 Å². The number of aryl methyl sites for hydroxylation is 2. The van der Waals surface area contributed by atoms with Crippen LogP contribution >= 0.6 is 0 Å². The van der Waals surface area contributed by atoms with Crippen molar-refractivity contribution in [1.29, 1.82) is 0 Å². The Labute approximate surface area is 98.0 Å². The molecule has 2 rings (SSSR count). The monoisotopic (exact) mass is 237 g/mol. The summed E-state index contributed by atoms with van der Waals surface area (Å²) in [6.07, 6.45) is 0. The van der Waals surface area contributed by atoms with Crippen LogP contribution in [-0.2, 0) is 0 Å². The van der Waals surface area contributed by atoms with Crippen molar-refractivity contribution >= 4 is 0 Å². The molecule has 90 valence electrons. The number of halogens is 2. The molecule has 1 aromatic carbocycles. The predicted octanol–water partition coefficient (Wildman–Crippen LogP) is 3.22. The third kappa shape index (κ3) is 2.08. The first-order chi connectivity index (χ1) is 8.00. The minimum atomic E-state index is -0.911. The second-order valence-corrected chi connectivity index (χ2v) is 4.03. The maximum Gasteiger partial charge on any atom is 0.164 e. The molecule has 0 saturated carbocycles. The molecule has 1 heterocycles. The van der Waals surface area contributed by atoms with Crippen molar-refractivity contribution in [3.8, 4) is 0 Å². The molecule has 0 aliphatic heterocycles. The summed E-state index contributed by atoms with van der Waals surface area (Å²) in [5, 5.41) is 0. The summed E-state index contributed by atoms with van der Waals surface area (Å²) in [7, 11) is 0. The van der Waals surface area contributed by atoms with Crippen molar-refractivity contribution in [1.82, 2.24) is 0 Å². The van der Waals surface area contributed by atoms with Crippen LogP contribution in [0.5, 0.6) is 0 Å². The first-order valence-electron chi connectivity index (χ1n) is 5.27. The van der Waals surface area contributed by atoms with Gasteiger partial charge in [-0.1, -0.05) is 12.1 Å². The van der Waals surface area contributed by atoms with E-state index in [1.807, 2.05) is 0 Å². The molecule has 17 heavy (non-hydrogen) atoms. The molecule has 0 fully saturated rings. The van der Waals surface area contributed by atoms with E-state index in [1.165, 1.54) is 19.1 Å². The molecule has 2 nitrogen and oxygen atoms in total. The Balaban J connectivity index is 2.44. The summed E-state index contributed by atoms with van der Waals surface area (Å²) >= 11 is 0. The number of benzene rings is 1. The van der Waals surface area contributed by atoms with Crippen LogP contribution in [0.2, 0.25) is 0 Å². The molecule has 1 atom stereocenters. The molecule has 0 aliphatic rings. The molecular formula is C13H13F2NO. The lowest BCUT2D eigenvalue weighted by atomic mass is 10.0. The smallest absolute Gasteiger partial charge is 0.164 e. The van der Waals surface area contributed by atoms with Crippen LogP contribution in [0.25, 0.3) is 0 Å². The quantitative estimate of drug-likeness (QED) is 0.871. The lowest BCUT2D eigenvalue weighted by Crippen LogP contribution is -2.14. The van der Waals surface area contributed by atoms with Gasteiger partial charge in [0.25, 0.3) is 0 Å². The van der Waals surface area contributed by atoms with Crippen molar-refractivity contribution in [2.24, 2.45) is 5.73 Å². The third-order valence-corrected chi connectivity index (χ3v) is 2.71. The highest BCUT2D eigenvalue weighted by Crippen LogP contribution is 2.26. The lowest BCUT2D eigenvalue weighted by molar-refractivity contribution is 0.447. The van der Waals surface area contributed by atoms with E-state index in [1.54, 1.807) is 19.1 Å². The van der Waals surface area contributed by atoms with Crippen LogP contribution in [0.1, 0.15) is 28.7 Å². The fourth-order valence-electron chi connectivity index (χ4n) is 1.67. The Morgan fingerprint density at radius 3 is 2.35 bits per heavy atom. The number of rotatable bonds is 2. The summed E-state index contributed by atoms with van der Waals surface area (Å²) < 4.78 is 32.4. The topological polar surface area (TPSA) is 39.2 Å². The van der Waals surface area contributed by atoms with Crippen molar-refractivity contribution in [3.63, 3.8) is 0 Å². The van der Waals surface area contributed by atoms with Crippen LogP contribution in [0.15, 0.2) is 28.7 Å². The van der Waals surface area contributed by atoms with Crippen molar-refractivity contribution in [2.45, 2.75) is 19.9 Å². The summed E-state index contributed by atoms with van der Waals surface area (Å²) in [6, 6.07) is 5.59. The van der Waals surface area contributed by atoms with Gasteiger partial charge in [0, 0.05) is 5.56 Å². The standard InChI is InChI=1S/C13H13F2NO/c1-7-3-5-9(12(15)11(7)14)13(16)10-6-4-8(2)17-10/h3-6,13H,16H2,1-2H3. The summed E-state index contributed by atoms with van der Waals surface area (Å²) in [6.45, 7) is 3.27. The van der Waals surface area contributed by atoms with E-state index in [0.717, 1.165) is 0 Å². The Hall–Kier alpha value is -1.68. The molecule has 0 saturated heterocycles. The van der Waals surface area contributed by atoms with E-state index >= 15 is 0 Å². The molecule has 0 bridgehead atoms. The minimum Gasteiger partial charge on any atom is -0.464 e. The average Bonchev–Trinajstić information content (AvgIpc) is 2.72. The van der Waals surface area contributed by atoms with Gasteiger partial charge in [0.15, 0.2) is 11.6 Å². The minimum absolute atomic E-state index is 0.0995. The van der Waals surface area contributed by atoms with E-state index in [2.05, 4.69) is 0 Å². The van der Waals surface area contributed by atoms with Crippen LogP contribution in [-0.4, -0.2) is 0 Å². The Morgan fingerprint density at radius 2 is 1.76 bits per heavy atom. The van der Waals surface area contributed by atoms with Gasteiger partial charge in [-0.3, -0.25) is 0 Å². The Kier molecular flexibility index (Phi) is 2.98. The van der Waals surface area contributed by atoms with Crippen LogP contribution < -0.4 is 5.73 Å². The van der Waals surface area contributed by atoms with E-state index in [0.29, 0.717) is 11.5 Å². The van der Waals surface area contributed by atoms with Gasteiger partial charge in [-0.2, -0.15) is 0 Å². The normalized spacial score (nSPS) is 12.8. The Bertz CT molecular complexity index is 548. The number of furan rings is 1. The van der Waals surface area contributed by atoms with Gasteiger partial charge < -0.3 is 10.2 Å². The second kappa shape index (κ2) is 4.30. The van der Waals surface area contributed by atoms with Crippen molar-refractivity contribution in [3.05, 3.63) is 58.5 Å². The largest absolute Gasteiger partial charge is 0.464 e. The van der Waals surface area contributed by atoms with Gasteiger partial charge in [0.1, 0.15) is 11.5 Å². The van der Waals surface area contributed by atoms with Crippen LogP contribution in [0, 0.1) is 25.5 Å². The van der Waals surface area contributed by atoms with E-state index < -0.39 is 17.7 Å². The van der Waals surface area contributed by atoms with E-state index in [-0.39, 0.29) is 11.1 Å². The van der Waals surface area contributed by atoms with Gasteiger partial charge in [0.2, 0.25) is 0 Å². The summed E-state index contributed by atoms with van der Waals surface area (Å²) in [4.78, 5) is 0. The molecule has 0 amide bonds. The highest BCUT2D eigenvalue weighted by molar-refractivity contribution is 5.32. The zero-order chi connectivity index (χ0) is 12.6. The molecule has 0 radical (unpaired) electrons. The zero-order valence-corrected chi connectivity index (χ0v) is 9.63. The molecule has 2 aromatic rings. The SMILES string of the molecule is Cc1ccc(C(N)c2ccc(C)c(F)c2F)o1.